The Labute approximate surface area is 130 Å². The van der Waals surface area contributed by atoms with Gasteiger partial charge in [-0.2, -0.15) is 0 Å². The molecular formula is C15H21N3O3Si. The van der Waals surface area contributed by atoms with Gasteiger partial charge >= 0.3 is 0 Å². The SMILES string of the molecule is C[Si](C)(C)CCOCn1ccnc1-c1ccccc1[N+](=O)[O-]. The molecule has 2 aromatic rings. The lowest BCUT2D eigenvalue weighted by Gasteiger charge is -2.16. The molecule has 7 heteroatoms. The van der Waals surface area contributed by atoms with E-state index in [0.717, 1.165) is 6.04 Å². The fraction of sp³-hybridized carbons (Fsp3) is 0.400. The van der Waals surface area contributed by atoms with Crippen molar-refractivity contribution in [3.05, 3.63) is 46.8 Å². The summed E-state index contributed by atoms with van der Waals surface area (Å²) in [5.74, 6) is 0.556. The number of para-hydroxylation sites is 1. The van der Waals surface area contributed by atoms with Crippen molar-refractivity contribution in [1.82, 2.24) is 9.55 Å². The average molecular weight is 319 g/mol. The van der Waals surface area contributed by atoms with Gasteiger partial charge in [-0.05, 0) is 12.1 Å². The summed E-state index contributed by atoms with van der Waals surface area (Å²) in [5, 5.41) is 11.1. The fourth-order valence-electron chi connectivity index (χ4n) is 2.02. The van der Waals surface area contributed by atoms with Crippen LogP contribution >= 0.6 is 0 Å². The highest BCUT2D eigenvalue weighted by Crippen LogP contribution is 2.28. The summed E-state index contributed by atoms with van der Waals surface area (Å²) in [6.45, 7) is 7.95. The molecular weight excluding hydrogens is 298 g/mol. The van der Waals surface area contributed by atoms with Gasteiger partial charge in [0.05, 0.1) is 10.5 Å². The van der Waals surface area contributed by atoms with Crippen molar-refractivity contribution in [3.63, 3.8) is 0 Å². The van der Waals surface area contributed by atoms with E-state index in [4.69, 9.17) is 4.74 Å². The first-order chi connectivity index (χ1) is 10.4. The molecule has 0 fully saturated rings. The van der Waals surface area contributed by atoms with Crippen molar-refractivity contribution in [2.24, 2.45) is 0 Å². The minimum Gasteiger partial charge on any atom is -0.361 e. The molecule has 0 aliphatic heterocycles. The number of hydrogen-bond donors (Lipinski definition) is 0. The Morgan fingerprint density at radius 2 is 2.05 bits per heavy atom. The molecule has 0 saturated carbocycles. The molecule has 2 rings (SSSR count). The fourth-order valence-corrected chi connectivity index (χ4v) is 2.78. The summed E-state index contributed by atoms with van der Waals surface area (Å²) >= 11 is 0. The first kappa shape index (κ1) is 16.4. The first-order valence-corrected chi connectivity index (χ1v) is 10.9. The number of ether oxygens (including phenoxy) is 1. The maximum atomic E-state index is 11.1. The van der Waals surface area contributed by atoms with Crippen molar-refractivity contribution in [2.75, 3.05) is 6.61 Å². The zero-order chi connectivity index (χ0) is 16.2. The summed E-state index contributed by atoms with van der Waals surface area (Å²) in [6, 6.07) is 7.70. The van der Waals surface area contributed by atoms with Gasteiger partial charge < -0.3 is 9.30 Å². The second-order valence-electron chi connectivity index (χ2n) is 6.34. The summed E-state index contributed by atoms with van der Waals surface area (Å²) in [4.78, 5) is 15.0. The summed E-state index contributed by atoms with van der Waals surface area (Å²) in [5.41, 5.74) is 0.559. The standard InChI is InChI=1S/C15H21N3O3Si/c1-22(2,3)11-10-21-12-17-9-8-16-15(17)13-6-4-5-7-14(13)18(19)20/h4-9H,10-12H2,1-3H3. The van der Waals surface area contributed by atoms with Gasteiger partial charge in [-0.3, -0.25) is 10.1 Å². The molecule has 0 unspecified atom stereocenters. The van der Waals surface area contributed by atoms with Crippen LogP contribution in [0, 0.1) is 10.1 Å². The highest BCUT2D eigenvalue weighted by Gasteiger charge is 2.18. The highest BCUT2D eigenvalue weighted by molar-refractivity contribution is 6.76. The number of nitrogens with zero attached hydrogens (tertiary/aromatic N) is 3. The molecule has 1 aromatic heterocycles. The Kier molecular flexibility index (Phi) is 5.10. The molecule has 0 bridgehead atoms. The van der Waals surface area contributed by atoms with E-state index in [1.165, 1.54) is 6.07 Å². The van der Waals surface area contributed by atoms with Gasteiger partial charge in [-0.1, -0.05) is 31.8 Å². The topological polar surface area (TPSA) is 70.2 Å². The van der Waals surface area contributed by atoms with Crippen LogP contribution < -0.4 is 0 Å². The summed E-state index contributed by atoms with van der Waals surface area (Å²) in [6.07, 6.45) is 3.41. The molecule has 1 heterocycles. The zero-order valence-corrected chi connectivity index (χ0v) is 14.2. The number of hydrogen-bond acceptors (Lipinski definition) is 4. The molecule has 1 aromatic carbocycles. The Morgan fingerprint density at radius 3 is 2.73 bits per heavy atom. The van der Waals surface area contributed by atoms with E-state index in [1.807, 2.05) is 0 Å². The molecule has 118 valence electrons. The lowest BCUT2D eigenvalue weighted by atomic mass is 10.1. The largest absolute Gasteiger partial charge is 0.361 e. The number of nitro benzene ring substituents is 1. The molecule has 0 amide bonds. The van der Waals surface area contributed by atoms with E-state index >= 15 is 0 Å². The first-order valence-electron chi connectivity index (χ1n) is 7.21. The molecule has 0 radical (unpaired) electrons. The quantitative estimate of drug-likeness (QED) is 0.337. The van der Waals surface area contributed by atoms with E-state index in [1.54, 1.807) is 35.2 Å². The Balaban J connectivity index is 2.12. The third-order valence-corrected chi connectivity index (χ3v) is 4.99. The normalized spacial score (nSPS) is 11.6. The van der Waals surface area contributed by atoms with Crippen LogP contribution in [0.2, 0.25) is 25.7 Å². The minimum absolute atomic E-state index is 0.0528. The highest BCUT2D eigenvalue weighted by atomic mass is 28.3. The predicted octanol–water partition coefficient (Wildman–Crippen LogP) is 3.77. The van der Waals surface area contributed by atoms with E-state index in [-0.39, 0.29) is 10.6 Å². The average Bonchev–Trinajstić information content (AvgIpc) is 2.91. The third kappa shape index (κ3) is 4.25. The molecule has 0 spiro atoms. The van der Waals surface area contributed by atoms with Crippen molar-refractivity contribution >= 4 is 13.8 Å². The second-order valence-corrected chi connectivity index (χ2v) is 12.0. The van der Waals surface area contributed by atoms with Crippen molar-refractivity contribution in [2.45, 2.75) is 32.4 Å². The van der Waals surface area contributed by atoms with Crippen LogP contribution in [0.4, 0.5) is 5.69 Å². The van der Waals surface area contributed by atoms with E-state index in [2.05, 4.69) is 24.6 Å². The lowest BCUT2D eigenvalue weighted by molar-refractivity contribution is -0.384. The molecule has 0 atom stereocenters. The number of aromatic nitrogens is 2. The number of imidazole rings is 1. The third-order valence-electron chi connectivity index (χ3n) is 3.28. The second kappa shape index (κ2) is 6.84. The number of nitro groups is 1. The van der Waals surface area contributed by atoms with E-state index in [0.29, 0.717) is 24.7 Å². The van der Waals surface area contributed by atoms with Crippen LogP contribution in [-0.2, 0) is 11.5 Å². The van der Waals surface area contributed by atoms with Crippen LogP contribution in [0.3, 0.4) is 0 Å². The molecule has 0 saturated heterocycles. The maximum absolute atomic E-state index is 11.1. The van der Waals surface area contributed by atoms with Crippen LogP contribution in [0.25, 0.3) is 11.4 Å². The van der Waals surface area contributed by atoms with Crippen molar-refractivity contribution < 1.29 is 9.66 Å². The molecule has 6 nitrogen and oxygen atoms in total. The van der Waals surface area contributed by atoms with E-state index in [9.17, 15) is 10.1 Å². The predicted molar refractivity (Wildman–Crippen MR) is 88.4 cm³/mol. The van der Waals surface area contributed by atoms with Gasteiger partial charge in [0.1, 0.15) is 12.6 Å². The van der Waals surface area contributed by atoms with Gasteiger partial charge in [0.2, 0.25) is 0 Å². The van der Waals surface area contributed by atoms with Crippen LogP contribution in [0.1, 0.15) is 0 Å². The van der Waals surface area contributed by atoms with Crippen LogP contribution in [0.5, 0.6) is 0 Å². The molecule has 0 aliphatic carbocycles. The van der Waals surface area contributed by atoms with Crippen molar-refractivity contribution in [1.29, 1.82) is 0 Å². The Morgan fingerprint density at radius 1 is 1.32 bits per heavy atom. The molecule has 0 aliphatic rings. The number of benzene rings is 1. The van der Waals surface area contributed by atoms with Crippen LogP contribution in [-0.4, -0.2) is 29.2 Å². The lowest BCUT2D eigenvalue weighted by Crippen LogP contribution is -2.22. The van der Waals surface area contributed by atoms with Gasteiger partial charge in [-0.25, -0.2) is 4.98 Å². The van der Waals surface area contributed by atoms with Gasteiger partial charge in [0, 0.05) is 33.1 Å². The smallest absolute Gasteiger partial charge is 0.280 e. The van der Waals surface area contributed by atoms with Crippen LogP contribution in [0.15, 0.2) is 36.7 Å². The minimum atomic E-state index is -1.12. The van der Waals surface area contributed by atoms with Gasteiger partial charge in [0.15, 0.2) is 0 Å². The zero-order valence-electron chi connectivity index (χ0n) is 13.2. The molecule has 22 heavy (non-hydrogen) atoms. The Bertz CT molecular complexity index is 649. The van der Waals surface area contributed by atoms with E-state index < -0.39 is 8.07 Å². The van der Waals surface area contributed by atoms with Crippen molar-refractivity contribution in [3.8, 4) is 11.4 Å². The monoisotopic (exact) mass is 319 g/mol. The molecule has 0 N–H and O–H groups in total. The Hall–Kier alpha value is -1.99. The number of rotatable bonds is 7. The van der Waals surface area contributed by atoms with Gasteiger partial charge in [0.25, 0.3) is 5.69 Å². The van der Waals surface area contributed by atoms with Gasteiger partial charge in [-0.15, -0.1) is 0 Å². The summed E-state index contributed by atoms with van der Waals surface area (Å²) < 4.78 is 7.50. The maximum Gasteiger partial charge on any atom is 0.280 e. The summed E-state index contributed by atoms with van der Waals surface area (Å²) in [7, 11) is -1.12.